The molecule has 0 saturated heterocycles. The second-order valence-electron chi connectivity index (χ2n) is 9.66. The summed E-state index contributed by atoms with van der Waals surface area (Å²) >= 11 is 0. The summed E-state index contributed by atoms with van der Waals surface area (Å²) in [7, 11) is 1.63. The molecule has 0 unspecified atom stereocenters. The summed E-state index contributed by atoms with van der Waals surface area (Å²) in [5, 5.41) is 4.40. The van der Waals surface area contributed by atoms with Crippen LogP contribution in [0.5, 0.6) is 5.75 Å². The Labute approximate surface area is 205 Å². The quantitative estimate of drug-likeness (QED) is 0.295. The Hall–Kier alpha value is -3.74. The lowest BCUT2D eigenvalue weighted by atomic mass is 9.93. The third kappa shape index (κ3) is 5.67. The lowest BCUT2D eigenvalue weighted by molar-refractivity contribution is 0.0181. The van der Waals surface area contributed by atoms with Gasteiger partial charge in [-0.25, -0.2) is 9.78 Å². The maximum atomic E-state index is 12.9. The summed E-state index contributed by atoms with van der Waals surface area (Å²) < 4.78 is 10.9. The van der Waals surface area contributed by atoms with Crippen LogP contribution in [0.25, 0.3) is 22.2 Å². The van der Waals surface area contributed by atoms with Gasteiger partial charge in [-0.05, 0) is 69.2 Å². The van der Waals surface area contributed by atoms with E-state index in [0.29, 0.717) is 13.0 Å². The monoisotopic (exact) mass is 473 g/mol. The molecule has 1 amide bonds. The van der Waals surface area contributed by atoms with Crippen LogP contribution in [0.2, 0.25) is 0 Å². The minimum Gasteiger partial charge on any atom is -0.497 e. The number of ether oxygens (including phenoxy) is 2. The number of fused-ring (bicyclic) bond motifs is 1. The van der Waals surface area contributed by atoms with Crippen molar-refractivity contribution in [3.63, 3.8) is 0 Å². The zero-order valence-electron chi connectivity index (χ0n) is 20.6. The molecule has 7 heteroatoms. The van der Waals surface area contributed by atoms with Gasteiger partial charge in [0.15, 0.2) is 0 Å². The molecule has 4 rings (SSSR count). The van der Waals surface area contributed by atoms with E-state index in [9.17, 15) is 9.70 Å². The third-order valence-corrected chi connectivity index (χ3v) is 6.01. The van der Waals surface area contributed by atoms with E-state index in [1.165, 1.54) is 0 Å². The maximum Gasteiger partial charge on any atom is 0.410 e. The Bertz CT molecular complexity index is 1230. The first-order valence-electron chi connectivity index (χ1n) is 11.8. The fraction of sp³-hybridized carbons (Fsp3) is 0.357. The van der Waals surface area contributed by atoms with Crippen molar-refractivity contribution in [3.05, 3.63) is 77.2 Å². The van der Waals surface area contributed by atoms with Crippen molar-refractivity contribution in [2.24, 2.45) is 5.18 Å². The molecule has 0 N–H and O–H groups in total. The molecule has 1 aromatic heterocycles. The van der Waals surface area contributed by atoms with Crippen LogP contribution in [0.1, 0.15) is 45.2 Å². The SMILES string of the molecule is COc1ccc(-c2cc([C@H](C[C@H]3C=CCCN3C(=O)OC(C)(C)C)N=O)c3ccccc3n2)cc1. The normalized spacial score (nSPS) is 16.7. The van der Waals surface area contributed by atoms with Gasteiger partial charge >= 0.3 is 6.09 Å². The highest BCUT2D eigenvalue weighted by atomic mass is 16.6. The number of aromatic nitrogens is 1. The molecule has 7 nitrogen and oxygen atoms in total. The Balaban J connectivity index is 1.70. The fourth-order valence-electron chi connectivity index (χ4n) is 4.33. The van der Waals surface area contributed by atoms with Crippen LogP contribution in [-0.4, -0.2) is 41.3 Å². The number of para-hydroxylation sites is 1. The Morgan fingerprint density at radius 3 is 2.60 bits per heavy atom. The van der Waals surface area contributed by atoms with Crippen LogP contribution < -0.4 is 4.74 Å². The summed E-state index contributed by atoms with van der Waals surface area (Å²) in [5.41, 5.74) is 2.64. The van der Waals surface area contributed by atoms with Crippen LogP contribution in [0, 0.1) is 4.91 Å². The second kappa shape index (κ2) is 10.3. The van der Waals surface area contributed by atoms with Crippen molar-refractivity contribution in [1.82, 2.24) is 9.88 Å². The molecule has 0 saturated carbocycles. The molecule has 2 atom stereocenters. The van der Waals surface area contributed by atoms with Crippen LogP contribution in [0.3, 0.4) is 0 Å². The van der Waals surface area contributed by atoms with Crippen LogP contribution >= 0.6 is 0 Å². The van der Waals surface area contributed by atoms with E-state index >= 15 is 0 Å². The molecule has 1 aliphatic rings. The minimum atomic E-state index is -0.669. The molecule has 0 aliphatic carbocycles. The minimum absolute atomic E-state index is 0.294. The summed E-state index contributed by atoms with van der Waals surface area (Å²) in [6.45, 7) is 6.08. The van der Waals surface area contributed by atoms with Gasteiger partial charge in [0, 0.05) is 23.9 Å². The molecule has 0 bridgehead atoms. The van der Waals surface area contributed by atoms with Crippen LogP contribution in [0.4, 0.5) is 4.79 Å². The first kappa shape index (κ1) is 24.4. The van der Waals surface area contributed by atoms with Crippen LogP contribution in [0.15, 0.2) is 71.9 Å². The number of methoxy groups -OCH3 is 1. The van der Waals surface area contributed by atoms with Gasteiger partial charge in [0.05, 0.1) is 24.4 Å². The lowest BCUT2D eigenvalue weighted by Crippen LogP contribution is -2.45. The standard InChI is InChI=1S/C28H31N3O4/c1-28(2,3)35-27(32)31-16-8-7-9-20(31)17-26(30-33)23-18-25(19-12-14-21(34-4)15-13-19)29-24-11-6-5-10-22(23)24/h5-7,9-15,18,20,26H,8,16-17H2,1-4H3/t20-,26+/m1/s1. The third-order valence-electron chi connectivity index (χ3n) is 6.01. The van der Waals surface area contributed by atoms with Gasteiger partial charge < -0.3 is 14.4 Å². The molecule has 0 spiro atoms. The number of hydrogen-bond acceptors (Lipinski definition) is 6. The topological polar surface area (TPSA) is 81.1 Å². The molecule has 0 radical (unpaired) electrons. The number of amides is 1. The molecule has 2 heterocycles. The van der Waals surface area contributed by atoms with Gasteiger partial charge in [0.2, 0.25) is 0 Å². The molecule has 1 aliphatic heterocycles. The largest absolute Gasteiger partial charge is 0.497 e. The van der Waals surface area contributed by atoms with Gasteiger partial charge in [0.25, 0.3) is 0 Å². The number of hydrogen-bond donors (Lipinski definition) is 0. The Morgan fingerprint density at radius 2 is 1.91 bits per heavy atom. The highest BCUT2D eigenvalue weighted by Gasteiger charge is 2.31. The lowest BCUT2D eigenvalue weighted by Gasteiger charge is -2.35. The molecule has 0 fully saturated rings. The Morgan fingerprint density at radius 1 is 1.17 bits per heavy atom. The average Bonchev–Trinajstić information content (AvgIpc) is 2.86. The number of benzene rings is 2. The van der Waals surface area contributed by atoms with Gasteiger partial charge in [-0.15, -0.1) is 0 Å². The van der Waals surface area contributed by atoms with Gasteiger partial charge in [0.1, 0.15) is 17.4 Å². The smallest absolute Gasteiger partial charge is 0.410 e. The van der Waals surface area contributed by atoms with E-state index in [4.69, 9.17) is 14.5 Å². The predicted octanol–water partition coefficient (Wildman–Crippen LogP) is 6.67. The first-order chi connectivity index (χ1) is 16.8. The molecule has 182 valence electrons. The molecule has 3 aromatic rings. The van der Waals surface area contributed by atoms with Gasteiger partial charge in [-0.2, -0.15) is 4.91 Å². The number of pyridine rings is 1. The van der Waals surface area contributed by atoms with E-state index in [0.717, 1.165) is 39.9 Å². The van der Waals surface area contributed by atoms with Crippen molar-refractivity contribution in [2.75, 3.05) is 13.7 Å². The highest BCUT2D eigenvalue weighted by molar-refractivity contribution is 5.85. The number of carbonyl (C=O) groups is 1. The van der Waals surface area contributed by atoms with Crippen molar-refractivity contribution in [3.8, 4) is 17.0 Å². The van der Waals surface area contributed by atoms with Crippen molar-refractivity contribution < 1.29 is 14.3 Å². The van der Waals surface area contributed by atoms with E-state index in [2.05, 4.69) is 5.18 Å². The van der Waals surface area contributed by atoms with Gasteiger partial charge in [-0.1, -0.05) is 35.5 Å². The van der Waals surface area contributed by atoms with E-state index < -0.39 is 11.6 Å². The molecule has 35 heavy (non-hydrogen) atoms. The zero-order chi connectivity index (χ0) is 25.0. The predicted molar refractivity (Wildman–Crippen MR) is 137 cm³/mol. The Kier molecular flexibility index (Phi) is 7.15. The van der Waals surface area contributed by atoms with Gasteiger partial charge in [-0.3, -0.25) is 0 Å². The fourth-order valence-corrected chi connectivity index (χ4v) is 4.33. The number of carbonyl (C=O) groups excluding carboxylic acids is 1. The number of nitrogens with zero attached hydrogens (tertiary/aromatic N) is 3. The molecular formula is C28H31N3O4. The average molecular weight is 474 g/mol. The van der Waals surface area contributed by atoms with Crippen molar-refractivity contribution in [2.45, 2.75) is 51.3 Å². The van der Waals surface area contributed by atoms with E-state index in [-0.39, 0.29) is 12.1 Å². The van der Waals surface area contributed by atoms with E-state index in [1.54, 1.807) is 12.0 Å². The van der Waals surface area contributed by atoms with E-state index in [1.807, 2.05) is 87.5 Å². The molecular weight excluding hydrogens is 442 g/mol. The summed E-state index contributed by atoms with van der Waals surface area (Å²) in [4.78, 5) is 31.6. The summed E-state index contributed by atoms with van der Waals surface area (Å²) in [6.07, 6.45) is 4.74. The number of rotatable bonds is 6. The van der Waals surface area contributed by atoms with Crippen LogP contribution in [-0.2, 0) is 4.74 Å². The highest BCUT2D eigenvalue weighted by Crippen LogP contribution is 2.35. The van der Waals surface area contributed by atoms with Crippen molar-refractivity contribution >= 4 is 17.0 Å². The van der Waals surface area contributed by atoms with Crippen molar-refractivity contribution in [1.29, 1.82) is 0 Å². The summed E-state index contributed by atoms with van der Waals surface area (Å²) in [5.74, 6) is 0.758. The number of nitroso groups, excluding NO2 is 1. The zero-order valence-corrected chi connectivity index (χ0v) is 20.6. The first-order valence-corrected chi connectivity index (χ1v) is 11.8. The molecule has 2 aromatic carbocycles. The maximum absolute atomic E-state index is 12.9. The second-order valence-corrected chi connectivity index (χ2v) is 9.66. The summed E-state index contributed by atoms with van der Waals surface area (Å²) in [6, 6.07) is 16.4.